The van der Waals surface area contributed by atoms with Crippen molar-refractivity contribution in [3.05, 3.63) is 28.5 Å². The molecule has 0 bridgehead atoms. The topological polar surface area (TPSA) is 84.2 Å². The molecule has 0 spiro atoms. The number of nitrogens with one attached hydrogen (secondary N) is 2. The van der Waals surface area contributed by atoms with E-state index in [9.17, 15) is 14.0 Å². The largest absolute Gasteiger partial charge is 0.370 e. The van der Waals surface area contributed by atoms with Crippen LogP contribution in [0.3, 0.4) is 0 Å². The number of carbonyl (C=O) groups excluding carboxylic acids is 2. The maximum atomic E-state index is 13.5. The molecule has 0 aliphatic rings. The molecule has 1 unspecified atom stereocenters. The summed E-state index contributed by atoms with van der Waals surface area (Å²) in [7, 11) is 0. The molecule has 3 amide bonds. The lowest BCUT2D eigenvalue weighted by Gasteiger charge is -2.13. The van der Waals surface area contributed by atoms with Crippen LogP contribution in [0.25, 0.3) is 0 Å². The van der Waals surface area contributed by atoms with Crippen LogP contribution in [0.5, 0.6) is 0 Å². The first-order valence-electron chi connectivity index (χ1n) is 6.16. The number of halogens is 2. The Morgan fingerprint density at radius 3 is 2.75 bits per heavy atom. The number of hydrogen-bond acceptors (Lipinski definition) is 2. The van der Waals surface area contributed by atoms with Crippen LogP contribution in [0.1, 0.15) is 19.8 Å². The number of hydrogen-bond donors (Lipinski definition) is 3. The normalized spacial score (nSPS) is 11.8. The van der Waals surface area contributed by atoms with Crippen LogP contribution >= 0.6 is 15.9 Å². The summed E-state index contributed by atoms with van der Waals surface area (Å²) in [5, 5.41) is 5.04. The summed E-state index contributed by atoms with van der Waals surface area (Å²) in [6.45, 7) is 2.28. The van der Waals surface area contributed by atoms with Gasteiger partial charge in [0.1, 0.15) is 5.82 Å². The summed E-state index contributed by atoms with van der Waals surface area (Å²) >= 11 is 3.14. The fourth-order valence-corrected chi connectivity index (χ4v) is 1.85. The van der Waals surface area contributed by atoms with E-state index < -0.39 is 11.8 Å². The maximum absolute atomic E-state index is 13.5. The standard InChI is InChI=1S/C13H17BrFN3O2/c1-8(2-5-12(16)19)7-17-13(20)18-11-4-3-9(14)6-10(11)15/h3-4,6,8H,2,5,7H2,1H3,(H2,16,19)(H2,17,18,20). The molecule has 20 heavy (non-hydrogen) atoms. The van der Waals surface area contributed by atoms with Gasteiger partial charge in [-0.25, -0.2) is 9.18 Å². The second-order valence-corrected chi connectivity index (χ2v) is 5.49. The zero-order valence-corrected chi connectivity index (χ0v) is 12.7. The predicted octanol–water partition coefficient (Wildman–Crippen LogP) is 2.61. The smallest absolute Gasteiger partial charge is 0.319 e. The average Bonchev–Trinajstić information content (AvgIpc) is 2.37. The average molecular weight is 346 g/mol. The summed E-state index contributed by atoms with van der Waals surface area (Å²) in [6, 6.07) is 3.88. The van der Waals surface area contributed by atoms with Gasteiger partial charge in [-0.2, -0.15) is 0 Å². The third kappa shape index (κ3) is 6.01. The molecule has 0 aliphatic heterocycles. The molecular weight excluding hydrogens is 329 g/mol. The van der Waals surface area contributed by atoms with E-state index in [1.54, 1.807) is 6.07 Å². The summed E-state index contributed by atoms with van der Waals surface area (Å²) < 4.78 is 14.1. The van der Waals surface area contributed by atoms with Gasteiger partial charge in [0.15, 0.2) is 0 Å². The summed E-state index contributed by atoms with van der Waals surface area (Å²) in [6.07, 6.45) is 0.883. The first-order chi connectivity index (χ1) is 9.38. The van der Waals surface area contributed by atoms with E-state index in [0.717, 1.165) is 0 Å². The molecule has 0 radical (unpaired) electrons. The number of benzene rings is 1. The van der Waals surface area contributed by atoms with Crippen LogP contribution in [0.2, 0.25) is 0 Å². The van der Waals surface area contributed by atoms with E-state index in [-0.39, 0.29) is 23.9 Å². The molecule has 0 saturated carbocycles. The van der Waals surface area contributed by atoms with Gasteiger partial charge in [0.25, 0.3) is 0 Å². The van der Waals surface area contributed by atoms with Crippen molar-refractivity contribution in [3.8, 4) is 0 Å². The highest BCUT2D eigenvalue weighted by atomic mass is 79.9. The zero-order valence-electron chi connectivity index (χ0n) is 11.1. The van der Waals surface area contributed by atoms with Gasteiger partial charge in [-0.05, 0) is 30.5 Å². The lowest BCUT2D eigenvalue weighted by atomic mass is 10.1. The van der Waals surface area contributed by atoms with Crippen molar-refractivity contribution >= 4 is 33.6 Å². The van der Waals surface area contributed by atoms with E-state index >= 15 is 0 Å². The lowest BCUT2D eigenvalue weighted by Crippen LogP contribution is -2.32. The number of carbonyl (C=O) groups is 2. The molecule has 1 rings (SSSR count). The van der Waals surface area contributed by atoms with E-state index in [1.165, 1.54) is 12.1 Å². The molecule has 0 fully saturated rings. The fourth-order valence-electron chi connectivity index (χ4n) is 1.52. The Bertz CT molecular complexity index is 497. The number of primary amides is 1. The Labute approximate surface area is 125 Å². The Morgan fingerprint density at radius 2 is 2.15 bits per heavy atom. The van der Waals surface area contributed by atoms with Gasteiger partial charge in [-0.3, -0.25) is 4.79 Å². The van der Waals surface area contributed by atoms with Crippen molar-refractivity contribution in [2.75, 3.05) is 11.9 Å². The first-order valence-corrected chi connectivity index (χ1v) is 6.96. The van der Waals surface area contributed by atoms with Crippen molar-refractivity contribution in [3.63, 3.8) is 0 Å². The minimum atomic E-state index is -0.517. The van der Waals surface area contributed by atoms with Gasteiger partial charge in [-0.1, -0.05) is 22.9 Å². The van der Waals surface area contributed by atoms with Crippen LogP contribution in [0.15, 0.2) is 22.7 Å². The Hall–Kier alpha value is -1.63. The second kappa shape index (κ2) is 7.84. The number of amides is 3. The van der Waals surface area contributed by atoms with Crippen LogP contribution in [-0.2, 0) is 4.79 Å². The molecule has 1 aromatic rings. The molecule has 0 heterocycles. The highest BCUT2D eigenvalue weighted by Crippen LogP contribution is 2.19. The van der Waals surface area contributed by atoms with Gasteiger partial charge >= 0.3 is 6.03 Å². The van der Waals surface area contributed by atoms with Crippen LogP contribution in [0, 0.1) is 11.7 Å². The number of rotatable bonds is 6. The Kier molecular flexibility index (Phi) is 6.44. The highest BCUT2D eigenvalue weighted by molar-refractivity contribution is 9.10. The molecule has 5 nitrogen and oxygen atoms in total. The fraction of sp³-hybridized carbons (Fsp3) is 0.385. The lowest BCUT2D eigenvalue weighted by molar-refractivity contribution is -0.118. The molecular formula is C13H17BrFN3O2. The molecule has 1 aromatic carbocycles. The molecule has 0 aliphatic carbocycles. The molecule has 1 atom stereocenters. The van der Waals surface area contributed by atoms with Crippen molar-refractivity contribution in [2.24, 2.45) is 11.7 Å². The van der Waals surface area contributed by atoms with Crippen molar-refractivity contribution in [2.45, 2.75) is 19.8 Å². The number of urea groups is 1. The van der Waals surface area contributed by atoms with Crippen molar-refractivity contribution in [1.82, 2.24) is 5.32 Å². The Balaban J connectivity index is 2.38. The summed E-state index contributed by atoms with van der Waals surface area (Å²) in [4.78, 5) is 22.2. The van der Waals surface area contributed by atoms with Crippen molar-refractivity contribution in [1.29, 1.82) is 0 Å². The number of nitrogens with two attached hydrogens (primary N) is 1. The maximum Gasteiger partial charge on any atom is 0.319 e. The van der Waals surface area contributed by atoms with E-state index in [4.69, 9.17) is 5.73 Å². The third-order valence-corrected chi connectivity index (χ3v) is 3.17. The third-order valence-electron chi connectivity index (χ3n) is 2.67. The minimum Gasteiger partial charge on any atom is -0.370 e. The molecule has 7 heteroatoms. The summed E-state index contributed by atoms with van der Waals surface area (Å²) in [5.41, 5.74) is 5.15. The molecule has 0 aromatic heterocycles. The highest BCUT2D eigenvalue weighted by Gasteiger charge is 2.09. The van der Waals surface area contributed by atoms with E-state index in [0.29, 0.717) is 17.4 Å². The summed E-state index contributed by atoms with van der Waals surface area (Å²) in [5.74, 6) is -0.766. The Morgan fingerprint density at radius 1 is 1.45 bits per heavy atom. The van der Waals surface area contributed by atoms with Gasteiger partial charge in [-0.15, -0.1) is 0 Å². The van der Waals surface area contributed by atoms with E-state index in [1.807, 2.05) is 6.92 Å². The van der Waals surface area contributed by atoms with Crippen LogP contribution in [0.4, 0.5) is 14.9 Å². The second-order valence-electron chi connectivity index (χ2n) is 4.57. The van der Waals surface area contributed by atoms with Crippen LogP contribution in [-0.4, -0.2) is 18.5 Å². The molecule has 110 valence electrons. The van der Waals surface area contributed by atoms with Crippen molar-refractivity contribution < 1.29 is 14.0 Å². The monoisotopic (exact) mass is 345 g/mol. The first kappa shape index (κ1) is 16.4. The SMILES string of the molecule is CC(CCC(N)=O)CNC(=O)Nc1ccc(Br)cc1F. The van der Waals surface area contributed by atoms with Gasteiger partial charge in [0.05, 0.1) is 5.69 Å². The predicted molar refractivity (Wildman–Crippen MR) is 78.7 cm³/mol. The molecule has 0 saturated heterocycles. The van der Waals surface area contributed by atoms with Gasteiger partial charge < -0.3 is 16.4 Å². The van der Waals surface area contributed by atoms with Crippen LogP contribution < -0.4 is 16.4 Å². The van der Waals surface area contributed by atoms with Gasteiger partial charge in [0.2, 0.25) is 5.91 Å². The quantitative estimate of drug-likeness (QED) is 0.740. The zero-order chi connectivity index (χ0) is 15.1. The molecule has 4 N–H and O–H groups in total. The number of anilines is 1. The van der Waals surface area contributed by atoms with Gasteiger partial charge in [0, 0.05) is 17.4 Å². The minimum absolute atomic E-state index is 0.107. The van der Waals surface area contributed by atoms with E-state index in [2.05, 4.69) is 26.6 Å².